The summed E-state index contributed by atoms with van der Waals surface area (Å²) in [6.07, 6.45) is 2.28. The third-order valence-electron chi connectivity index (χ3n) is 4.66. The van der Waals surface area contributed by atoms with Crippen molar-refractivity contribution in [2.24, 2.45) is 0 Å². The quantitative estimate of drug-likeness (QED) is 0.935. The largest absolute Gasteiger partial charge is 0.361 e. The number of aromatic nitrogens is 1. The van der Waals surface area contributed by atoms with E-state index >= 15 is 0 Å². The number of carbonyl (C=O) groups is 1. The summed E-state index contributed by atoms with van der Waals surface area (Å²) in [7, 11) is 0. The van der Waals surface area contributed by atoms with Crippen LogP contribution in [-0.4, -0.2) is 11.1 Å². The van der Waals surface area contributed by atoms with Crippen LogP contribution in [0.15, 0.2) is 22.7 Å². The molecule has 0 radical (unpaired) electrons. The molecule has 1 amide bonds. The second kappa shape index (κ2) is 6.14. The first kappa shape index (κ1) is 15.7. The standard InChI is InChI=1S/C18H21FN2O2/c1-4-14(17-10(2)21-23-11(17)3)18(22)20-16-8-5-12-9-13(19)6-7-15(12)16/h6-7,9,14,16H,4-5,8H2,1-3H3,(H,20,22)/t14-,16-/m0/s1. The lowest BCUT2D eigenvalue weighted by molar-refractivity contribution is -0.123. The Balaban J connectivity index is 1.80. The van der Waals surface area contributed by atoms with Crippen molar-refractivity contribution in [3.05, 3.63) is 52.2 Å². The van der Waals surface area contributed by atoms with Gasteiger partial charge in [-0.1, -0.05) is 18.1 Å². The maximum Gasteiger partial charge on any atom is 0.228 e. The fraction of sp³-hybridized carbons (Fsp3) is 0.444. The minimum atomic E-state index is -0.272. The second-order valence-electron chi connectivity index (χ2n) is 6.14. The first-order valence-electron chi connectivity index (χ1n) is 8.02. The molecule has 1 N–H and O–H groups in total. The molecule has 0 spiro atoms. The van der Waals surface area contributed by atoms with Crippen molar-refractivity contribution in [3.63, 3.8) is 0 Å². The molecule has 1 aromatic carbocycles. The molecule has 0 saturated heterocycles. The van der Waals surface area contributed by atoms with Gasteiger partial charge in [0, 0.05) is 5.56 Å². The molecule has 2 atom stereocenters. The Hall–Kier alpha value is -2.17. The molecule has 0 bridgehead atoms. The molecule has 23 heavy (non-hydrogen) atoms. The van der Waals surface area contributed by atoms with Crippen LogP contribution in [0.25, 0.3) is 0 Å². The van der Waals surface area contributed by atoms with E-state index in [1.54, 1.807) is 12.1 Å². The fourth-order valence-corrected chi connectivity index (χ4v) is 3.52. The predicted octanol–water partition coefficient (Wildman–Crippen LogP) is 3.73. The van der Waals surface area contributed by atoms with Gasteiger partial charge >= 0.3 is 0 Å². The summed E-state index contributed by atoms with van der Waals surface area (Å²) in [6.45, 7) is 5.67. The van der Waals surface area contributed by atoms with Gasteiger partial charge in [0.25, 0.3) is 0 Å². The van der Waals surface area contributed by atoms with Crippen molar-refractivity contribution in [1.82, 2.24) is 10.5 Å². The second-order valence-corrected chi connectivity index (χ2v) is 6.14. The SMILES string of the molecule is CC[C@H](C(=O)N[C@H]1CCc2cc(F)ccc21)c1c(C)noc1C. The Labute approximate surface area is 135 Å². The third-order valence-corrected chi connectivity index (χ3v) is 4.66. The van der Waals surface area contributed by atoms with Crippen LogP contribution >= 0.6 is 0 Å². The predicted molar refractivity (Wildman–Crippen MR) is 84.6 cm³/mol. The average molecular weight is 316 g/mol. The number of fused-ring (bicyclic) bond motifs is 1. The number of hydrogen-bond acceptors (Lipinski definition) is 3. The maximum absolute atomic E-state index is 13.3. The molecule has 2 aromatic rings. The van der Waals surface area contributed by atoms with E-state index in [0.29, 0.717) is 12.2 Å². The number of hydrogen-bond donors (Lipinski definition) is 1. The highest BCUT2D eigenvalue weighted by molar-refractivity contribution is 5.84. The highest BCUT2D eigenvalue weighted by Gasteiger charge is 2.30. The van der Waals surface area contributed by atoms with Crippen LogP contribution in [0.3, 0.4) is 0 Å². The normalized spacial score (nSPS) is 17.8. The van der Waals surface area contributed by atoms with Crippen LogP contribution in [0.2, 0.25) is 0 Å². The van der Waals surface area contributed by atoms with E-state index < -0.39 is 0 Å². The van der Waals surface area contributed by atoms with Crippen LogP contribution in [0.4, 0.5) is 4.39 Å². The first-order valence-corrected chi connectivity index (χ1v) is 8.02. The van der Waals surface area contributed by atoms with Gasteiger partial charge in [-0.25, -0.2) is 4.39 Å². The summed E-state index contributed by atoms with van der Waals surface area (Å²) in [4.78, 5) is 12.8. The molecule has 1 aliphatic carbocycles. The van der Waals surface area contributed by atoms with Crippen LogP contribution in [0.1, 0.15) is 59.9 Å². The van der Waals surface area contributed by atoms with Crippen LogP contribution < -0.4 is 5.32 Å². The summed E-state index contributed by atoms with van der Waals surface area (Å²) < 4.78 is 18.5. The number of nitrogens with one attached hydrogen (secondary N) is 1. The molecule has 0 aliphatic heterocycles. The van der Waals surface area contributed by atoms with Gasteiger partial charge in [-0.3, -0.25) is 4.79 Å². The number of nitrogens with zero attached hydrogens (tertiary/aromatic N) is 1. The molecule has 1 heterocycles. The topological polar surface area (TPSA) is 55.1 Å². The van der Waals surface area contributed by atoms with Crippen LogP contribution in [0.5, 0.6) is 0 Å². The molecular weight excluding hydrogens is 295 g/mol. The van der Waals surface area contributed by atoms with Crippen molar-refractivity contribution in [2.45, 2.75) is 52.0 Å². The van der Waals surface area contributed by atoms with Gasteiger partial charge in [0.15, 0.2) is 0 Å². The molecule has 1 aromatic heterocycles. The molecule has 1 aliphatic rings. The molecule has 0 unspecified atom stereocenters. The number of rotatable bonds is 4. The molecule has 0 fully saturated rings. The molecule has 3 rings (SSSR count). The zero-order valence-electron chi connectivity index (χ0n) is 13.6. The van der Waals surface area contributed by atoms with Crippen molar-refractivity contribution in [3.8, 4) is 0 Å². The van der Waals surface area contributed by atoms with Gasteiger partial charge in [0.2, 0.25) is 5.91 Å². The maximum atomic E-state index is 13.3. The van der Waals surface area contributed by atoms with Crippen LogP contribution in [0, 0.1) is 19.7 Å². The Morgan fingerprint density at radius 1 is 1.48 bits per heavy atom. The van der Waals surface area contributed by atoms with Gasteiger partial charge in [-0.15, -0.1) is 0 Å². The smallest absolute Gasteiger partial charge is 0.228 e. The zero-order chi connectivity index (χ0) is 16.6. The minimum Gasteiger partial charge on any atom is -0.361 e. The summed E-state index contributed by atoms with van der Waals surface area (Å²) >= 11 is 0. The average Bonchev–Trinajstić information content (AvgIpc) is 3.05. The highest BCUT2D eigenvalue weighted by Crippen LogP contribution is 2.33. The van der Waals surface area contributed by atoms with E-state index in [9.17, 15) is 9.18 Å². The Kier molecular flexibility index (Phi) is 4.20. The lowest BCUT2D eigenvalue weighted by atomic mass is 9.93. The van der Waals surface area contributed by atoms with E-state index in [4.69, 9.17) is 4.52 Å². The monoisotopic (exact) mass is 316 g/mol. The number of carbonyl (C=O) groups excluding carboxylic acids is 1. The van der Waals surface area contributed by atoms with Gasteiger partial charge in [-0.2, -0.15) is 0 Å². The first-order chi connectivity index (χ1) is 11.0. The minimum absolute atomic E-state index is 0.0240. The number of benzene rings is 1. The summed E-state index contributed by atoms with van der Waals surface area (Å²) in [6, 6.07) is 4.74. The molecule has 5 heteroatoms. The van der Waals surface area contributed by atoms with E-state index in [2.05, 4.69) is 10.5 Å². The Morgan fingerprint density at radius 2 is 2.26 bits per heavy atom. The number of amides is 1. The summed E-state index contributed by atoms with van der Waals surface area (Å²) in [5, 5.41) is 7.07. The lowest BCUT2D eigenvalue weighted by Gasteiger charge is -2.19. The van der Waals surface area contributed by atoms with E-state index in [1.165, 1.54) is 6.07 Å². The van der Waals surface area contributed by atoms with Crippen molar-refractivity contribution >= 4 is 5.91 Å². The van der Waals surface area contributed by atoms with Crippen molar-refractivity contribution < 1.29 is 13.7 Å². The van der Waals surface area contributed by atoms with Crippen molar-refractivity contribution in [2.75, 3.05) is 0 Å². The lowest BCUT2D eigenvalue weighted by Crippen LogP contribution is -2.32. The van der Waals surface area contributed by atoms with E-state index in [1.807, 2.05) is 20.8 Å². The number of halogens is 1. The van der Waals surface area contributed by atoms with Crippen LogP contribution in [-0.2, 0) is 11.2 Å². The Morgan fingerprint density at radius 3 is 2.91 bits per heavy atom. The van der Waals surface area contributed by atoms with Gasteiger partial charge in [-0.05, 0) is 56.4 Å². The fourth-order valence-electron chi connectivity index (χ4n) is 3.52. The van der Waals surface area contributed by atoms with E-state index in [0.717, 1.165) is 35.2 Å². The number of aryl methyl sites for hydroxylation is 3. The summed E-state index contributed by atoms with van der Waals surface area (Å²) in [5.74, 6) is 0.172. The third kappa shape index (κ3) is 2.87. The summed E-state index contributed by atoms with van der Waals surface area (Å²) in [5.41, 5.74) is 3.65. The van der Waals surface area contributed by atoms with Gasteiger partial charge in [0.1, 0.15) is 11.6 Å². The van der Waals surface area contributed by atoms with Gasteiger partial charge in [0.05, 0.1) is 17.7 Å². The Bertz CT molecular complexity index is 719. The highest BCUT2D eigenvalue weighted by atomic mass is 19.1. The zero-order valence-corrected chi connectivity index (χ0v) is 13.6. The van der Waals surface area contributed by atoms with Gasteiger partial charge < -0.3 is 9.84 Å². The molecule has 122 valence electrons. The molecule has 4 nitrogen and oxygen atoms in total. The van der Waals surface area contributed by atoms with E-state index in [-0.39, 0.29) is 23.7 Å². The molecule has 0 saturated carbocycles. The molecular formula is C18H21FN2O2. The van der Waals surface area contributed by atoms with Crippen molar-refractivity contribution in [1.29, 1.82) is 0 Å².